The zero-order chi connectivity index (χ0) is 17.4. The van der Waals surface area contributed by atoms with Crippen molar-refractivity contribution in [2.24, 2.45) is 5.73 Å². The van der Waals surface area contributed by atoms with Gasteiger partial charge in [0.2, 0.25) is 0 Å². The van der Waals surface area contributed by atoms with E-state index in [0.717, 1.165) is 35.2 Å². The van der Waals surface area contributed by atoms with Gasteiger partial charge in [0.05, 0.1) is 6.26 Å². The monoisotopic (exact) mass is 332 g/mol. The molecule has 1 aliphatic carbocycles. The molecule has 4 N–H and O–H groups in total. The molecule has 3 aromatic rings. The zero-order valence-electron chi connectivity index (χ0n) is 13.4. The number of nitrogens with two attached hydrogens (primary N) is 2. The van der Waals surface area contributed by atoms with E-state index in [0.29, 0.717) is 23.6 Å². The molecule has 0 fully saturated rings. The van der Waals surface area contributed by atoms with Crippen molar-refractivity contribution in [1.82, 2.24) is 15.0 Å². The number of hydrogen-bond acceptors (Lipinski definition) is 7. The highest BCUT2D eigenvalue weighted by Crippen LogP contribution is 2.35. The minimum atomic E-state index is 0.0477. The molecule has 0 bridgehead atoms. The summed E-state index contributed by atoms with van der Waals surface area (Å²) in [4.78, 5) is 13.1. The molecule has 1 unspecified atom stereocenters. The first kappa shape index (κ1) is 15.3. The van der Waals surface area contributed by atoms with Gasteiger partial charge in [-0.1, -0.05) is 0 Å². The lowest BCUT2D eigenvalue weighted by Gasteiger charge is -2.24. The number of nitrogen functional groups attached to an aromatic ring is 1. The third kappa shape index (κ3) is 2.62. The van der Waals surface area contributed by atoms with Crippen LogP contribution in [0, 0.1) is 11.3 Å². The van der Waals surface area contributed by atoms with E-state index in [1.807, 2.05) is 0 Å². The van der Waals surface area contributed by atoms with Crippen LogP contribution in [0.3, 0.4) is 0 Å². The van der Waals surface area contributed by atoms with Crippen molar-refractivity contribution in [3.05, 3.63) is 47.6 Å². The summed E-state index contributed by atoms with van der Waals surface area (Å²) in [6.07, 6.45) is 7.21. The fraction of sp³-hybridized carbons (Fsp3) is 0.222. The Labute approximate surface area is 144 Å². The molecule has 0 saturated heterocycles. The number of fused-ring (bicyclic) bond motifs is 1. The van der Waals surface area contributed by atoms with E-state index in [-0.39, 0.29) is 11.9 Å². The second kappa shape index (κ2) is 6.00. The number of aryl methyl sites for hydroxylation is 1. The molecule has 1 aliphatic rings. The maximum Gasteiger partial charge on any atom is 0.195 e. The number of nitrogens with zero attached hydrogens (tertiary/aromatic N) is 4. The predicted octanol–water partition coefficient (Wildman–Crippen LogP) is 2.07. The summed E-state index contributed by atoms with van der Waals surface area (Å²) in [5.74, 6) is 1.31. The largest absolute Gasteiger partial charge is 0.461 e. The third-order valence-corrected chi connectivity index (χ3v) is 4.42. The molecule has 7 nitrogen and oxygen atoms in total. The van der Waals surface area contributed by atoms with E-state index in [2.05, 4.69) is 21.0 Å². The average Bonchev–Trinajstić information content (AvgIpc) is 3.16. The molecule has 1 atom stereocenters. The molecule has 3 heterocycles. The lowest BCUT2D eigenvalue weighted by Crippen LogP contribution is -2.29. The highest BCUT2D eigenvalue weighted by Gasteiger charge is 2.25. The number of hydrogen-bond donors (Lipinski definition) is 2. The first-order chi connectivity index (χ1) is 12.2. The molecule has 25 heavy (non-hydrogen) atoms. The number of anilines is 1. The summed E-state index contributed by atoms with van der Waals surface area (Å²) in [5.41, 5.74) is 15.8. The first-order valence-electron chi connectivity index (χ1n) is 8.00. The lowest BCUT2D eigenvalue weighted by atomic mass is 9.85. The number of rotatable bonds is 2. The summed E-state index contributed by atoms with van der Waals surface area (Å²) in [6, 6.07) is 5.79. The molecule has 0 amide bonds. The number of pyridine rings is 1. The van der Waals surface area contributed by atoms with Gasteiger partial charge >= 0.3 is 0 Å². The van der Waals surface area contributed by atoms with Crippen molar-refractivity contribution in [2.45, 2.75) is 25.3 Å². The Morgan fingerprint density at radius 1 is 1.28 bits per heavy atom. The number of furan rings is 1. The third-order valence-electron chi connectivity index (χ3n) is 4.42. The van der Waals surface area contributed by atoms with Crippen molar-refractivity contribution in [3.8, 4) is 28.8 Å². The summed E-state index contributed by atoms with van der Waals surface area (Å²) in [6.45, 7) is 0. The Balaban J connectivity index is 1.87. The fourth-order valence-electron chi connectivity index (χ4n) is 3.23. The Morgan fingerprint density at radius 2 is 2.08 bits per heavy atom. The summed E-state index contributed by atoms with van der Waals surface area (Å²) < 4.78 is 5.31. The smallest absolute Gasteiger partial charge is 0.195 e. The number of aromatic nitrogens is 3. The van der Waals surface area contributed by atoms with E-state index in [1.165, 1.54) is 0 Å². The SMILES string of the molecule is N#Cc1c(N)nc2c(c1-c1cnc(-c3ccco3)nc1)CC(N)CC2. The molecule has 7 heteroatoms. The molecular formula is C18H16N6O. The molecule has 0 aromatic carbocycles. The molecule has 3 aromatic heterocycles. The molecule has 0 spiro atoms. The fourth-order valence-corrected chi connectivity index (χ4v) is 3.23. The van der Waals surface area contributed by atoms with Crippen LogP contribution >= 0.6 is 0 Å². The van der Waals surface area contributed by atoms with Crippen LogP contribution in [-0.4, -0.2) is 21.0 Å². The topological polar surface area (TPSA) is 128 Å². The van der Waals surface area contributed by atoms with Crippen molar-refractivity contribution < 1.29 is 4.42 Å². The van der Waals surface area contributed by atoms with Gasteiger partial charge < -0.3 is 15.9 Å². The minimum Gasteiger partial charge on any atom is -0.461 e. The van der Waals surface area contributed by atoms with Gasteiger partial charge in [-0.25, -0.2) is 15.0 Å². The van der Waals surface area contributed by atoms with Crippen LogP contribution in [0.5, 0.6) is 0 Å². The van der Waals surface area contributed by atoms with E-state index in [4.69, 9.17) is 15.9 Å². The summed E-state index contributed by atoms with van der Waals surface area (Å²) in [7, 11) is 0. The molecular weight excluding hydrogens is 316 g/mol. The molecule has 4 rings (SSSR count). The van der Waals surface area contributed by atoms with Crippen LogP contribution in [0.25, 0.3) is 22.7 Å². The molecule has 0 saturated carbocycles. The first-order valence-corrected chi connectivity index (χ1v) is 8.00. The van der Waals surface area contributed by atoms with Gasteiger partial charge in [-0.15, -0.1) is 0 Å². The van der Waals surface area contributed by atoms with Crippen LogP contribution in [0.2, 0.25) is 0 Å². The van der Waals surface area contributed by atoms with Gasteiger partial charge in [0.25, 0.3) is 0 Å². The maximum absolute atomic E-state index is 9.58. The van der Waals surface area contributed by atoms with Gasteiger partial charge in [0.1, 0.15) is 17.5 Å². The van der Waals surface area contributed by atoms with Crippen molar-refractivity contribution in [1.29, 1.82) is 5.26 Å². The van der Waals surface area contributed by atoms with Crippen LogP contribution in [-0.2, 0) is 12.8 Å². The van der Waals surface area contributed by atoms with Crippen LogP contribution in [0.15, 0.2) is 35.2 Å². The van der Waals surface area contributed by atoms with E-state index < -0.39 is 0 Å². The Hall–Kier alpha value is -3.24. The molecule has 0 aliphatic heterocycles. The van der Waals surface area contributed by atoms with E-state index >= 15 is 0 Å². The highest BCUT2D eigenvalue weighted by atomic mass is 16.3. The standard InChI is InChI=1S/C18H16N6O/c19-7-13-16(12-6-11(20)3-4-14(12)24-17(13)21)10-8-22-18(23-9-10)15-2-1-5-25-15/h1-2,5,8-9,11H,3-4,6,20H2,(H2,21,24). The van der Waals surface area contributed by atoms with Crippen molar-refractivity contribution >= 4 is 5.82 Å². The Kier molecular flexibility index (Phi) is 3.67. The predicted molar refractivity (Wildman–Crippen MR) is 92.1 cm³/mol. The van der Waals surface area contributed by atoms with Gasteiger partial charge in [-0.3, -0.25) is 0 Å². The maximum atomic E-state index is 9.58. The van der Waals surface area contributed by atoms with Gasteiger partial charge in [0.15, 0.2) is 11.6 Å². The lowest BCUT2D eigenvalue weighted by molar-refractivity contribution is 0.568. The summed E-state index contributed by atoms with van der Waals surface area (Å²) >= 11 is 0. The summed E-state index contributed by atoms with van der Waals surface area (Å²) in [5, 5.41) is 9.58. The van der Waals surface area contributed by atoms with Crippen LogP contribution < -0.4 is 11.5 Å². The van der Waals surface area contributed by atoms with Gasteiger partial charge in [-0.2, -0.15) is 5.26 Å². The molecule has 124 valence electrons. The quantitative estimate of drug-likeness (QED) is 0.735. The van der Waals surface area contributed by atoms with Crippen LogP contribution in [0.4, 0.5) is 5.82 Å². The van der Waals surface area contributed by atoms with Gasteiger partial charge in [0, 0.05) is 35.3 Å². The van der Waals surface area contributed by atoms with Crippen LogP contribution in [0.1, 0.15) is 23.2 Å². The Morgan fingerprint density at radius 3 is 2.76 bits per heavy atom. The zero-order valence-corrected chi connectivity index (χ0v) is 13.4. The molecule has 0 radical (unpaired) electrons. The second-order valence-corrected chi connectivity index (χ2v) is 6.06. The normalized spacial score (nSPS) is 16.2. The second-order valence-electron chi connectivity index (χ2n) is 6.06. The average molecular weight is 332 g/mol. The van der Waals surface area contributed by atoms with Gasteiger partial charge in [-0.05, 0) is 37.0 Å². The minimum absolute atomic E-state index is 0.0477. The number of nitriles is 1. The van der Waals surface area contributed by atoms with E-state index in [9.17, 15) is 5.26 Å². The van der Waals surface area contributed by atoms with E-state index in [1.54, 1.807) is 30.8 Å². The van der Waals surface area contributed by atoms with Crippen molar-refractivity contribution in [3.63, 3.8) is 0 Å². The van der Waals surface area contributed by atoms with Crippen molar-refractivity contribution in [2.75, 3.05) is 5.73 Å². The highest BCUT2D eigenvalue weighted by molar-refractivity contribution is 5.79. The Bertz CT molecular complexity index is 957.